The molecule has 2 saturated heterocycles. The van der Waals surface area contributed by atoms with Gasteiger partial charge < -0.3 is 24.8 Å². The molecule has 0 spiro atoms. The Morgan fingerprint density at radius 1 is 1.43 bits per heavy atom. The zero-order valence-electron chi connectivity index (χ0n) is 16.2. The number of allylic oxidation sites excluding steroid dienone is 2. The Morgan fingerprint density at radius 2 is 2.25 bits per heavy atom. The highest BCUT2D eigenvalue weighted by Gasteiger charge is 2.44. The van der Waals surface area contributed by atoms with Crippen LogP contribution in [0.3, 0.4) is 0 Å². The summed E-state index contributed by atoms with van der Waals surface area (Å²) in [5.41, 5.74) is 6.14. The first-order chi connectivity index (χ1) is 13.5. The number of esters is 1. The minimum Gasteiger partial charge on any atom is -0.469 e. The summed E-state index contributed by atoms with van der Waals surface area (Å²) in [4.78, 5) is 37.7. The minimum absolute atomic E-state index is 0.0253. The van der Waals surface area contributed by atoms with Gasteiger partial charge in [0.2, 0.25) is 5.91 Å². The van der Waals surface area contributed by atoms with E-state index in [1.54, 1.807) is 6.08 Å². The van der Waals surface area contributed by atoms with Crippen LogP contribution in [0.25, 0.3) is 0 Å². The number of nitrogens with two attached hydrogens (primary N) is 1. The molecule has 0 bridgehead atoms. The number of fused-ring (bicyclic) bond motifs is 1. The molecule has 8 nitrogen and oxygen atoms in total. The van der Waals surface area contributed by atoms with Gasteiger partial charge in [-0.05, 0) is 19.3 Å². The van der Waals surface area contributed by atoms with E-state index in [0.29, 0.717) is 31.2 Å². The summed E-state index contributed by atoms with van der Waals surface area (Å²) in [6, 6.07) is -0.842. The highest BCUT2D eigenvalue weighted by molar-refractivity contribution is 6.00. The normalized spacial score (nSPS) is 27.9. The molecule has 8 heteroatoms. The van der Waals surface area contributed by atoms with Gasteiger partial charge in [-0.3, -0.25) is 14.4 Å². The zero-order chi connectivity index (χ0) is 20.1. The molecule has 3 aliphatic rings. The van der Waals surface area contributed by atoms with Gasteiger partial charge in [0.15, 0.2) is 0 Å². The fraction of sp³-hybridized carbons (Fsp3) is 0.650. The van der Waals surface area contributed by atoms with Crippen LogP contribution in [0.5, 0.6) is 0 Å². The summed E-state index contributed by atoms with van der Waals surface area (Å²) in [6.07, 6.45) is 7.59. The Bertz CT molecular complexity index is 668. The third-order valence-corrected chi connectivity index (χ3v) is 5.61. The van der Waals surface area contributed by atoms with Gasteiger partial charge >= 0.3 is 5.97 Å². The standard InChI is InChI=1S/C20H28N2O6/c1-26-18(23)8-7-16(19(21)24)22-10-15-14(20(22)25)5-2-6-17(15)28-12-13-4-3-9-27-11-13/h2,5-6,13,15-17H,3-4,7-12H2,1H3,(H2,21,24). The van der Waals surface area contributed by atoms with E-state index in [1.165, 1.54) is 12.0 Å². The molecule has 0 saturated carbocycles. The Morgan fingerprint density at radius 3 is 2.93 bits per heavy atom. The van der Waals surface area contributed by atoms with Crippen molar-refractivity contribution in [3.8, 4) is 0 Å². The van der Waals surface area contributed by atoms with Crippen molar-refractivity contribution in [2.75, 3.05) is 33.5 Å². The summed E-state index contributed by atoms with van der Waals surface area (Å²) in [5, 5.41) is 0. The Kier molecular flexibility index (Phi) is 6.85. The Balaban J connectivity index is 1.64. The van der Waals surface area contributed by atoms with Crippen LogP contribution in [0.1, 0.15) is 25.7 Å². The molecule has 0 aromatic rings. The van der Waals surface area contributed by atoms with Crippen LogP contribution in [0.2, 0.25) is 0 Å². The molecule has 2 N–H and O–H groups in total. The van der Waals surface area contributed by atoms with Crippen molar-refractivity contribution in [3.05, 3.63) is 23.8 Å². The van der Waals surface area contributed by atoms with Gasteiger partial charge in [-0.25, -0.2) is 0 Å². The monoisotopic (exact) mass is 392 g/mol. The second-order valence-corrected chi connectivity index (χ2v) is 7.49. The van der Waals surface area contributed by atoms with Crippen LogP contribution >= 0.6 is 0 Å². The predicted molar refractivity (Wildman–Crippen MR) is 99.9 cm³/mol. The van der Waals surface area contributed by atoms with Gasteiger partial charge in [-0.1, -0.05) is 18.2 Å². The lowest BCUT2D eigenvalue weighted by Gasteiger charge is -2.28. The molecule has 2 heterocycles. The van der Waals surface area contributed by atoms with E-state index in [9.17, 15) is 14.4 Å². The molecule has 2 fully saturated rings. The van der Waals surface area contributed by atoms with Crippen molar-refractivity contribution in [1.82, 2.24) is 4.90 Å². The average molecular weight is 392 g/mol. The number of hydrogen-bond acceptors (Lipinski definition) is 6. The number of rotatable bonds is 8. The van der Waals surface area contributed by atoms with E-state index in [-0.39, 0.29) is 30.8 Å². The van der Waals surface area contributed by atoms with Crippen LogP contribution in [0.4, 0.5) is 0 Å². The summed E-state index contributed by atoms with van der Waals surface area (Å²) >= 11 is 0. The molecule has 1 aliphatic carbocycles. The third-order valence-electron chi connectivity index (χ3n) is 5.61. The zero-order valence-corrected chi connectivity index (χ0v) is 16.2. The number of hydrogen-bond donors (Lipinski definition) is 1. The van der Waals surface area contributed by atoms with E-state index in [2.05, 4.69) is 4.74 Å². The van der Waals surface area contributed by atoms with E-state index < -0.39 is 17.9 Å². The molecular formula is C20H28N2O6. The number of carbonyl (C=O) groups excluding carboxylic acids is 3. The summed E-state index contributed by atoms with van der Waals surface area (Å²) < 4.78 is 16.2. The van der Waals surface area contributed by atoms with Gasteiger partial charge in [-0.2, -0.15) is 0 Å². The quantitative estimate of drug-likeness (QED) is 0.605. The third kappa shape index (κ3) is 4.62. The van der Waals surface area contributed by atoms with Gasteiger partial charge in [0.25, 0.3) is 5.91 Å². The van der Waals surface area contributed by atoms with Crippen molar-refractivity contribution >= 4 is 17.8 Å². The Hall–Kier alpha value is -2.19. The smallest absolute Gasteiger partial charge is 0.305 e. The van der Waals surface area contributed by atoms with Gasteiger partial charge in [0, 0.05) is 37.0 Å². The Labute approximate surface area is 164 Å². The number of likely N-dealkylation sites (tertiary alicyclic amines) is 1. The van der Waals surface area contributed by atoms with E-state index >= 15 is 0 Å². The molecule has 4 atom stereocenters. The number of methoxy groups -OCH3 is 1. The predicted octanol–water partition coefficient (Wildman–Crippen LogP) is 0.560. The maximum atomic E-state index is 12.9. The molecular weight excluding hydrogens is 364 g/mol. The average Bonchev–Trinajstić information content (AvgIpc) is 3.04. The van der Waals surface area contributed by atoms with Crippen LogP contribution in [0, 0.1) is 11.8 Å². The van der Waals surface area contributed by atoms with E-state index in [0.717, 1.165) is 19.4 Å². The van der Waals surface area contributed by atoms with E-state index in [4.69, 9.17) is 15.2 Å². The largest absolute Gasteiger partial charge is 0.469 e. The van der Waals surface area contributed by atoms with Crippen molar-refractivity contribution in [3.63, 3.8) is 0 Å². The molecule has 2 amide bonds. The van der Waals surface area contributed by atoms with Crippen molar-refractivity contribution in [1.29, 1.82) is 0 Å². The molecule has 0 aromatic carbocycles. The topological polar surface area (TPSA) is 108 Å². The number of primary amides is 1. The first-order valence-corrected chi connectivity index (χ1v) is 9.76. The molecule has 2 aliphatic heterocycles. The van der Waals surface area contributed by atoms with Crippen LogP contribution in [0.15, 0.2) is 23.8 Å². The SMILES string of the molecule is COC(=O)CCC(C(N)=O)N1CC2C(=CC=CC2OCC2CCCOC2)C1=O. The number of nitrogens with zero attached hydrogens (tertiary/aromatic N) is 1. The van der Waals surface area contributed by atoms with Crippen LogP contribution < -0.4 is 5.73 Å². The lowest BCUT2D eigenvalue weighted by atomic mass is 9.91. The minimum atomic E-state index is -0.842. The molecule has 3 rings (SSSR count). The number of amides is 2. The van der Waals surface area contributed by atoms with Crippen molar-refractivity contribution in [2.45, 2.75) is 37.8 Å². The van der Waals surface area contributed by atoms with Gasteiger partial charge in [0.1, 0.15) is 6.04 Å². The second-order valence-electron chi connectivity index (χ2n) is 7.49. The molecule has 0 radical (unpaired) electrons. The van der Waals surface area contributed by atoms with Gasteiger partial charge in [0.05, 0.1) is 26.4 Å². The molecule has 154 valence electrons. The van der Waals surface area contributed by atoms with Crippen molar-refractivity contribution in [2.24, 2.45) is 17.6 Å². The molecule has 0 aromatic heterocycles. The summed E-state index contributed by atoms with van der Waals surface area (Å²) in [5.74, 6) is -1.07. The van der Waals surface area contributed by atoms with Crippen LogP contribution in [-0.2, 0) is 28.6 Å². The highest BCUT2D eigenvalue weighted by Crippen LogP contribution is 2.34. The lowest BCUT2D eigenvalue weighted by Crippen LogP contribution is -2.46. The van der Waals surface area contributed by atoms with Crippen molar-refractivity contribution < 1.29 is 28.6 Å². The maximum absolute atomic E-state index is 12.9. The summed E-state index contributed by atoms with van der Waals surface area (Å²) in [6.45, 7) is 2.43. The number of ether oxygens (including phenoxy) is 3. The fourth-order valence-electron chi connectivity index (χ4n) is 4.03. The molecule has 4 unspecified atom stereocenters. The first-order valence-electron chi connectivity index (χ1n) is 9.76. The first kappa shape index (κ1) is 20.5. The maximum Gasteiger partial charge on any atom is 0.305 e. The molecule has 28 heavy (non-hydrogen) atoms. The summed E-state index contributed by atoms with van der Waals surface area (Å²) in [7, 11) is 1.28. The van der Waals surface area contributed by atoms with Crippen LogP contribution in [-0.4, -0.2) is 68.3 Å². The highest BCUT2D eigenvalue weighted by atomic mass is 16.5. The number of carbonyl (C=O) groups is 3. The second kappa shape index (κ2) is 9.34. The van der Waals surface area contributed by atoms with E-state index in [1.807, 2.05) is 12.2 Å². The van der Waals surface area contributed by atoms with Gasteiger partial charge in [-0.15, -0.1) is 0 Å². The fourth-order valence-corrected chi connectivity index (χ4v) is 4.03. The lowest BCUT2D eigenvalue weighted by molar-refractivity contribution is -0.142.